The van der Waals surface area contributed by atoms with Gasteiger partial charge in [0.1, 0.15) is 11.6 Å². The molecule has 3 amide bonds. The van der Waals surface area contributed by atoms with E-state index in [1.165, 1.54) is 0 Å². The van der Waals surface area contributed by atoms with Crippen molar-refractivity contribution in [1.82, 2.24) is 14.7 Å². The molecule has 2 bridgehead atoms. The highest BCUT2D eigenvalue weighted by molar-refractivity contribution is 5.99. The maximum absolute atomic E-state index is 14.2. The Morgan fingerprint density at radius 1 is 1.19 bits per heavy atom. The lowest BCUT2D eigenvalue weighted by atomic mass is 9.70. The molecule has 36 heavy (non-hydrogen) atoms. The van der Waals surface area contributed by atoms with Crippen molar-refractivity contribution >= 4 is 17.7 Å². The molecule has 3 fully saturated rings. The molecule has 3 aliphatic rings. The number of likely N-dealkylation sites (N-methyl/N-ethyl adjacent to an activating group) is 1. The van der Waals surface area contributed by atoms with Crippen LogP contribution in [-0.2, 0) is 19.1 Å². The first-order chi connectivity index (χ1) is 17.3. The van der Waals surface area contributed by atoms with Crippen LogP contribution in [-0.4, -0.2) is 94.6 Å². The highest BCUT2D eigenvalue weighted by atomic mass is 16.5. The van der Waals surface area contributed by atoms with Crippen LogP contribution in [0.1, 0.15) is 65.2 Å². The second kappa shape index (κ2) is 12.4. The van der Waals surface area contributed by atoms with Gasteiger partial charge in [-0.1, -0.05) is 38.3 Å². The van der Waals surface area contributed by atoms with Crippen molar-refractivity contribution in [1.29, 1.82) is 0 Å². The maximum atomic E-state index is 14.2. The van der Waals surface area contributed by atoms with E-state index in [0.29, 0.717) is 32.5 Å². The van der Waals surface area contributed by atoms with E-state index in [1.807, 2.05) is 11.8 Å². The van der Waals surface area contributed by atoms with Gasteiger partial charge in [0, 0.05) is 39.3 Å². The van der Waals surface area contributed by atoms with E-state index in [4.69, 9.17) is 9.84 Å². The van der Waals surface area contributed by atoms with E-state index in [0.717, 1.165) is 38.5 Å². The highest BCUT2D eigenvalue weighted by Crippen LogP contribution is 2.59. The first kappa shape index (κ1) is 28.4. The zero-order valence-electron chi connectivity index (χ0n) is 22.4. The fraction of sp³-hybridized carbons (Fsp3) is 0.750. The van der Waals surface area contributed by atoms with E-state index < -0.39 is 23.5 Å². The molecule has 0 aromatic rings. The van der Waals surface area contributed by atoms with Crippen molar-refractivity contribution in [2.24, 2.45) is 11.8 Å². The number of unbranched alkanes of at least 4 members (excludes halogenated alkanes) is 3. The topological polar surface area (TPSA) is 90.4 Å². The van der Waals surface area contributed by atoms with E-state index in [1.54, 1.807) is 29.0 Å². The molecular weight excluding hydrogens is 458 g/mol. The number of hydrogen-bond acceptors (Lipinski definition) is 5. The van der Waals surface area contributed by atoms with Gasteiger partial charge in [-0.3, -0.25) is 14.4 Å². The van der Waals surface area contributed by atoms with Gasteiger partial charge in [-0.05, 0) is 39.0 Å². The van der Waals surface area contributed by atoms with Gasteiger partial charge in [-0.2, -0.15) is 0 Å². The monoisotopic (exact) mass is 503 g/mol. The van der Waals surface area contributed by atoms with Crippen LogP contribution < -0.4 is 0 Å². The van der Waals surface area contributed by atoms with Crippen molar-refractivity contribution in [2.75, 3.05) is 33.3 Å². The standard InChI is InChI=1S/C28H45N3O5/c1-6-13-20(4)30(17-8-3)27(35)24-28-15-14-21(36-28)22(25(33)29(5)16-7-2)23(28)26(34)31(24)18-11-9-10-12-19-32/h7-8,20-24,32H,2-3,6,9-19H2,1,4-5H3/t20?,21-,22+,23+,24?,28?/m1/s1. The van der Waals surface area contributed by atoms with Crippen LogP contribution in [0.3, 0.4) is 0 Å². The Kier molecular flexibility index (Phi) is 9.75. The normalized spacial score (nSPS) is 29.2. The van der Waals surface area contributed by atoms with Gasteiger partial charge >= 0.3 is 0 Å². The number of fused-ring (bicyclic) bond motifs is 1. The summed E-state index contributed by atoms with van der Waals surface area (Å²) < 4.78 is 6.55. The van der Waals surface area contributed by atoms with Crippen LogP contribution in [0.2, 0.25) is 0 Å². The van der Waals surface area contributed by atoms with Gasteiger partial charge in [0.05, 0.1) is 17.9 Å². The Labute approximate surface area is 216 Å². The number of aliphatic hydroxyl groups excluding tert-OH is 1. The maximum Gasteiger partial charge on any atom is 0.248 e. The molecule has 6 atom stereocenters. The predicted molar refractivity (Wildman–Crippen MR) is 139 cm³/mol. The fourth-order valence-corrected chi connectivity index (χ4v) is 6.60. The summed E-state index contributed by atoms with van der Waals surface area (Å²) in [5, 5.41) is 9.10. The molecule has 3 rings (SSSR count). The molecule has 0 aromatic heterocycles. The Balaban J connectivity index is 1.96. The quantitative estimate of drug-likeness (QED) is 0.274. The Hall–Kier alpha value is -2.19. The molecule has 8 heteroatoms. The molecule has 8 nitrogen and oxygen atoms in total. The first-order valence-electron chi connectivity index (χ1n) is 13.6. The molecule has 202 valence electrons. The van der Waals surface area contributed by atoms with Gasteiger partial charge in [-0.25, -0.2) is 0 Å². The summed E-state index contributed by atoms with van der Waals surface area (Å²) in [4.78, 5) is 46.8. The van der Waals surface area contributed by atoms with Crippen molar-refractivity contribution in [3.8, 4) is 0 Å². The smallest absolute Gasteiger partial charge is 0.248 e. The van der Waals surface area contributed by atoms with Gasteiger partial charge in [0.15, 0.2) is 0 Å². The molecular formula is C28H45N3O5. The van der Waals surface area contributed by atoms with Crippen LogP contribution >= 0.6 is 0 Å². The van der Waals surface area contributed by atoms with Crippen LogP contribution in [0, 0.1) is 11.8 Å². The van der Waals surface area contributed by atoms with Crippen molar-refractivity contribution < 1.29 is 24.2 Å². The lowest BCUT2D eigenvalue weighted by molar-refractivity contribution is -0.150. The Morgan fingerprint density at radius 3 is 2.53 bits per heavy atom. The van der Waals surface area contributed by atoms with Gasteiger partial charge in [0.25, 0.3) is 0 Å². The third kappa shape index (κ3) is 5.12. The van der Waals surface area contributed by atoms with Crippen molar-refractivity contribution in [3.05, 3.63) is 25.3 Å². The lowest BCUT2D eigenvalue weighted by Gasteiger charge is -2.39. The number of likely N-dealkylation sites (tertiary alicyclic amines) is 1. The second-order valence-corrected chi connectivity index (χ2v) is 10.6. The number of rotatable bonds is 15. The molecule has 0 saturated carbocycles. The SMILES string of the molecule is C=CCN(C)C(=O)[C@@H]1[C@H]2C(=O)N(CCCCCCO)C(C(=O)N(CC=C)C(C)CCC)C23CC[C@H]1O3. The zero-order valence-corrected chi connectivity index (χ0v) is 22.4. The zero-order chi connectivity index (χ0) is 26.5. The Morgan fingerprint density at radius 2 is 1.89 bits per heavy atom. The van der Waals surface area contributed by atoms with Crippen molar-refractivity contribution in [2.45, 2.75) is 89.0 Å². The van der Waals surface area contributed by atoms with Gasteiger partial charge in [-0.15, -0.1) is 13.2 Å². The summed E-state index contributed by atoms with van der Waals surface area (Å²) in [6, 6.07) is -0.730. The van der Waals surface area contributed by atoms with Gasteiger partial charge < -0.3 is 24.5 Å². The Bertz CT molecular complexity index is 832. The van der Waals surface area contributed by atoms with Crippen LogP contribution in [0.25, 0.3) is 0 Å². The largest absolute Gasteiger partial charge is 0.396 e. The molecule has 0 radical (unpaired) electrons. The summed E-state index contributed by atoms with van der Waals surface area (Å²) in [5.74, 6) is -1.57. The minimum absolute atomic E-state index is 0.00668. The third-order valence-electron chi connectivity index (χ3n) is 8.25. The van der Waals surface area contributed by atoms with E-state index in [2.05, 4.69) is 20.1 Å². The summed E-state index contributed by atoms with van der Waals surface area (Å²) in [6.45, 7) is 13.1. The molecule has 3 unspecified atom stereocenters. The molecule has 3 heterocycles. The molecule has 1 N–H and O–H groups in total. The molecule has 0 aromatic carbocycles. The van der Waals surface area contributed by atoms with E-state index in [-0.39, 0.29) is 36.5 Å². The number of amides is 3. The van der Waals surface area contributed by atoms with Crippen LogP contribution in [0.5, 0.6) is 0 Å². The van der Waals surface area contributed by atoms with Crippen LogP contribution in [0.4, 0.5) is 0 Å². The summed E-state index contributed by atoms with van der Waals surface area (Å²) >= 11 is 0. The highest BCUT2D eigenvalue weighted by Gasteiger charge is 2.74. The minimum Gasteiger partial charge on any atom is -0.396 e. The molecule has 0 aliphatic carbocycles. The number of aliphatic hydroxyl groups is 1. The molecule has 3 aliphatic heterocycles. The lowest BCUT2D eigenvalue weighted by Crippen LogP contribution is -2.58. The average Bonchev–Trinajstić information content (AvgIpc) is 3.49. The summed E-state index contributed by atoms with van der Waals surface area (Å²) in [6.07, 6.45) is 9.32. The summed E-state index contributed by atoms with van der Waals surface area (Å²) in [7, 11) is 1.72. The minimum atomic E-state index is -0.968. The number of hydrogen-bond donors (Lipinski definition) is 1. The molecule has 1 spiro atoms. The first-order valence-corrected chi connectivity index (χ1v) is 13.6. The van der Waals surface area contributed by atoms with Crippen LogP contribution in [0.15, 0.2) is 25.3 Å². The number of ether oxygens (including phenoxy) is 1. The number of carbonyl (C=O) groups is 3. The van der Waals surface area contributed by atoms with Gasteiger partial charge in [0.2, 0.25) is 17.7 Å². The number of nitrogens with zero attached hydrogens (tertiary/aromatic N) is 3. The summed E-state index contributed by atoms with van der Waals surface area (Å²) in [5.41, 5.74) is -0.968. The second-order valence-electron chi connectivity index (χ2n) is 10.6. The predicted octanol–water partition coefficient (Wildman–Crippen LogP) is 2.76. The van der Waals surface area contributed by atoms with E-state index in [9.17, 15) is 14.4 Å². The van der Waals surface area contributed by atoms with Crippen molar-refractivity contribution in [3.63, 3.8) is 0 Å². The fourth-order valence-electron chi connectivity index (χ4n) is 6.60. The third-order valence-corrected chi connectivity index (χ3v) is 8.25. The number of carbonyl (C=O) groups excluding carboxylic acids is 3. The van der Waals surface area contributed by atoms with E-state index >= 15 is 0 Å². The molecule has 3 saturated heterocycles. The average molecular weight is 504 g/mol.